The maximum Gasteiger partial charge on any atom is 0.145 e. The Balaban J connectivity index is 2.86. The van der Waals surface area contributed by atoms with Crippen molar-refractivity contribution < 1.29 is 9.47 Å². The van der Waals surface area contributed by atoms with E-state index in [2.05, 4.69) is 27.6 Å². The van der Waals surface area contributed by atoms with Gasteiger partial charge in [-0.15, -0.1) is 0 Å². The average Bonchev–Trinajstić information content (AvgIpc) is 2.28. The number of ether oxygens (including phenoxy) is 2. The molecule has 2 aromatic rings. The van der Waals surface area contributed by atoms with Gasteiger partial charge >= 0.3 is 0 Å². The summed E-state index contributed by atoms with van der Waals surface area (Å²) in [6.07, 6.45) is 1.77. The summed E-state index contributed by atoms with van der Waals surface area (Å²) >= 11 is 2.26. The van der Waals surface area contributed by atoms with Gasteiger partial charge in [-0.2, -0.15) is 0 Å². The second-order valence-electron chi connectivity index (χ2n) is 2.99. The van der Waals surface area contributed by atoms with Crippen LogP contribution in [-0.2, 0) is 0 Å². The van der Waals surface area contributed by atoms with Gasteiger partial charge in [-0.1, -0.05) is 0 Å². The Morgan fingerprint density at radius 1 is 1.07 bits per heavy atom. The van der Waals surface area contributed by atoms with Gasteiger partial charge < -0.3 is 9.47 Å². The molecule has 0 unspecified atom stereocenters. The molecule has 0 aliphatic carbocycles. The lowest BCUT2D eigenvalue weighted by atomic mass is 10.2. The van der Waals surface area contributed by atoms with Crippen LogP contribution >= 0.6 is 22.6 Å². The number of pyridine rings is 1. The molecule has 0 N–H and O–H groups in total. The van der Waals surface area contributed by atoms with E-state index >= 15 is 0 Å². The van der Waals surface area contributed by atoms with E-state index in [-0.39, 0.29) is 0 Å². The van der Waals surface area contributed by atoms with Crippen molar-refractivity contribution in [2.75, 3.05) is 14.2 Å². The maximum atomic E-state index is 5.31. The fourth-order valence-corrected chi connectivity index (χ4v) is 2.19. The average molecular weight is 315 g/mol. The lowest BCUT2D eigenvalue weighted by molar-refractivity contribution is 0.409. The van der Waals surface area contributed by atoms with Gasteiger partial charge in [0.15, 0.2) is 0 Å². The Kier molecular flexibility index (Phi) is 2.95. The predicted octanol–water partition coefficient (Wildman–Crippen LogP) is 2.86. The summed E-state index contributed by atoms with van der Waals surface area (Å²) in [6.45, 7) is 0. The van der Waals surface area contributed by atoms with E-state index in [1.54, 1.807) is 20.4 Å². The normalized spacial score (nSPS) is 10.3. The minimum absolute atomic E-state index is 0.768. The van der Waals surface area contributed by atoms with Gasteiger partial charge in [0.25, 0.3) is 0 Å². The molecular formula is C11H10INO2. The molecule has 0 saturated heterocycles. The summed E-state index contributed by atoms with van der Waals surface area (Å²) in [5, 5.41) is 1.000. The molecule has 1 aromatic carbocycles. The molecule has 0 atom stereocenters. The summed E-state index contributed by atoms with van der Waals surface area (Å²) in [5.74, 6) is 1.59. The summed E-state index contributed by atoms with van der Waals surface area (Å²) in [6, 6.07) is 5.71. The second kappa shape index (κ2) is 4.22. The third-order valence-corrected chi connectivity index (χ3v) is 3.10. The zero-order chi connectivity index (χ0) is 10.8. The molecule has 15 heavy (non-hydrogen) atoms. The Hall–Kier alpha value is -1.04. The van der Waals surface area contributed by atoms with Crippen LogP contribution in [0.5, 0.6) is 11.5 Å². The summed E-state index contributed by atoms with van der Waals surface area (Å²) in [4.78, 5) is 4.31. The van der Waals surface area contributed by atoms with E-state index < -0.39 is 0 Å². The van der Waals surface area contributed by atoms with E-state index in [9.17, 15) is 0 Å². The summed E-state index contributed by atoms with van der Waals surface area (Å²) in [7, 11) is 3.30. The van der Waals surface area contributed by atoms with Crippen molar-refractivity contribution in [3.63, 3.8) is 0 Å². The van der Waals surface area contributed by atoms with E-state index in [4.69, 9.17) is 9.47 Å². The van der Waals surface area contributed by atoms with E-state index in [0.717, 1.165) is 26.0 Å². The van der Waals surface area contributed by atoms with E-state index in [1.807, 2.05) is 18.2 Å². The number of methoxy groups -OCH3 is 2. The van der Waals surface area contributed by atoms with Crippen molar-refractivity contribution in [3.8, 4) is 11.5 Å². The van der Waals surface area contributed by atoms with Gasteiger partial charge in [-0.3, -0.25) is 4.98 Å². The fraction of sp³-hybridized carbons (Fsp3) is 0.182. The van der Waals surface area contributed by atoms with Crippen molar-refractivity contribution in [3.05, 3.63) is 28.0 Å². The van der Waals surface area contributed by atoms with Crippen molar-refractivity contribution >= 4 is 33.5 Å². The molecule has 0 fully saturated rings. The highest BCUT2D eigenvalue weighted by Crippen LogP contribution is 2.34. The number of halogens is 1. The van der Waals surface area contributed by atoms with Gasteiger partial charge in [0.05, 0.1) is 19.6 Å². The SMILES string of the molecule is COc1ccc(OC)c2c(I)ccnc12. The van der Waals surface area contributed by atoms with Crippen LogP contribution < -0.4 is 9.47 Å². The molecule has 0 radical (unpaired) electrons. The smallest absolute Gasteiger partial charge is 0.145 e. The Morgan fingerprint density at radius 2 is 1.73 bits per heavy atom. The highest BCUT2D eigenvalue weighted by atomic mass is 127. The molecule has 1 aromatic heterocycles. The number of hydrogen-bond acceptors (Lipinski definition) is 3. The molecule has 78 valence electrons. The number of benzene rings is 1. The predicted molar refractivity (Wildman–Crippen MR) is 67.6 cm³/mol. The molecule has 0 amide bonds. The molecule has 0 aliphatic heterocycles. The van der Waals surface area contributed by atoms with Gasteiger partial charge in [-0.05, 0) is 40.8 Å². The first-order valence-electron chi connectivity index (χ1n) is 4.43. The highest BCUT2D eigenvalue weighted by molar-refractivity contribution is 14.1. The number of hydrogen-bond donors (Lipinski definition) is 0. The number of nitrogens with zero attached hydrogens (tertiary/aromatic N) is 1. The van der Waals surface area contributed by atoms with E-state index in [1.165, 1.54) is 0 Å². The molecule has 2 rings (SSSR count). The van der Waals surface area contributed by atoms with Gasteiger partial charge in [0, 0.05) is 9.77 Å². The van der Waals surface area contributed by atoms with Crippen molar-refractivity contribution in [1.82, 2.24) is 4.98 Å². The maximum absolute atomic E-state index is 5.31. The summed E-state index contributed by atoms with van der Waals surface area (Å²) in [5.41, 5.74) is 0.837. The molecule has 0 saturated carbocycles. The zero-order valence-corrected chi connectivity index (χ0v) is 10.6. The van der Waals surface area contributed by atoms with Crippen molar-refractivity contribution in [1.29, 1.82) is 0 Å². The van der Waals surface area contributed by atoms with E-state index in [0.29, 0.717) is 0 Å². The van der Waals surface area contributed by atoms with Crippen LogP contribution in [-0.4, -0.2) is 19.2 Å². The summed E-state index contributed by atoms with van der Waals surface area (Å²) < 4.78 is 11.7. The lowest BCUT2D eigenvalue weighted by Gasteiger charge is -2.09. The van der Waals surface area contributed by atoms with Gasteiger partial charge in [0.1, 0.15) is 17.0 Å². The van der Waals surface area contributed by atoms with Gasteiger partial charge in [0.2, 0.25) is 0 Å². The number of fused-ring (bicyclic) bond motifs is 1. The minimum Gasteiger partial charge on any atom is -0.496 e. The Bertz CT molecular complexity index is 499. The standard InChI is InChI=1S/C11H10INO2/c1-14-8-3-4-9(15-2)11-10(8)7(12)5-6-13-11/h3-6H,1-2H3. The first-order chi connectivity index (χ1) is 7.27. The van der Waals surface area contributed by atoms with Crippen LogP contribution in [0.4, 0.5) is 0 Å². The van der Waals surface area contributed by atoms with Crippen LogP contribution in [0.25, 0.3) is 10.9 Å². The van der Waals surface area contributed by atoms with Crippen molar-refractivity contribution in [2.45, 2.75) is 0 Å². The van der Waals surface area contributed by atoms with Crippen LogP contribution in [0.15, 0.2) is 24.4 Å². The second-order valence-corrected chi connectivity index (χ2v) is 4.15. The third kappa shape index (κ3) is 1.73. The molecule has 0 bridgehead atoms. The number of rotatable bonds is 2. The topological polar surface area (TPSA) is 31.4 Å². The van der Waals surface area contributed by atoms with Crippen LogP contribution in [0.2, 0.25) is 0 Å². The first kappa shape index (κ1) is 10.5. The molecular weight excluding hydrogens is 305 g/mol. The first-order valence-corrected chi connectivity index (χ1v) is 5.51. The largest absolute Gasteiger partial charge is 0.496 e. The monoisotopic (exact) mass is 315 g/mol. The van der Waals surface area contributed by atoms with Crippen LogP contribution in [0.1, 0.15) is 0 Å². The molecule has 4 heteroatoms. The minimum atomic E-state index is 0.768. The Labute approximate surface area is 102 Å². The zero-order valence-electron chi connectivity index (χ0n) is 8.45. The lowest BCUT2D eigenvalue weighted by Crippen LogP contribution is -1.92. The molecule has 0 spiro atoms. The third-order valence-electron chi connectivity index (χ3n) is 2.21. The Morgan fingerprint density at radius 3 is 2.40 bits per heavy atom. The molecule has 3 nitrogen and oxygen atoms in total. The fourth-order valence-electron chi connectivity index (χ4n) is 1.51. The van der Waals surface area contributed by atoms with Crippen LogP contribution in [0.3, 0.4) is 0 Å². The van der Waals surface area contributed by atoms with Crippen molar-refractivity contribution in [2.24, 2.45) is 0 Å². The molecule has 0 aliphatic rings. The van der Waals surface area contributed by atoms with Crippen LogP contribution in [0, 0.1) is 3.57 Å². The quantitative estimate of drug-likeness (QED) is 0.799. The van der Waals surface area contributed by atoms with Gasteiger partial charge in [-0.25, -0.2) is 0 Å². The number of aromatic nitrogens is 1. The molecule has 1 heterocycles. The highest BCUT2D eigenvalue weighted by Gasteiger charge is 2.10.